The van der Waals surface area contributed by atoms with Gasteiger partial charge in [0.05, 0.1) is 31.2 Å². The third-order valence-corrected chi connectivity index (χ3v) is 13.4. The molecular formula is C49H55NO10. The zero-order chi connectivity index (χ0) is 42.3. The summed E-state index contributed by atoms with van der Waals surface area (Å²) in [6, 6.07) is 14.8. The second-order valence-electron chi connectivity index (χ2n) is 17.7. The van der Waals surface area contributed by atoms with Crippen molar-refractivity contribution in [2.75, 3.05) is 11.9 Å². The number of aliphatic hydroxyl groups excluding tert-OH is 3. The first-order valence-corrected chi connectivity index (χ1v) is 21.5. The third kappa shape index (κ3) is 8.48. The van der Waals surface area contributed by atoms with E-state index < -0.39 is 53.6 Å². The molecule has 1 saturated carbocycles. The molecule has 316 valence electrons. The third-order valence-electron chi connectivity index (χ3n) is 13.4. The van der Waals surface area contributed by atoms with Crippen molar-refractivity contribution >= 4 is 23.4 Å². The molecular weight excluding hydrogens is 763 g/mol. The zero-order valence-electron chi connectivity index (χ0n) is 34.3. The second kappa shape index (κ2) is 17.2. The Bertz CT molecular complexity index is 2280. The number of carbonyl (C=O) groups is 3. The van der Waals surface area contributed by atoms with Crippen molar-refractivity contribution in [2.45, 2.75) is 133 Å². The SMILES string of the molecule is CCC[C@]1(O)[C@H]2CCC(=O)[C@@H](Cc3ccc4c(c3)C[C@H](O)/C(=C3\C[C@@H](c5cc(CO)cc(NC[C@H](C)O)c5)C#C[C@H]5CC(=O)Oc6cc(O)c(cc65)C[C@H]1OC3=O)CC4)C2. The van der Waals surface area contributed by atoms with Gasteiger partial charge in [0.2, 0.25) is 0 Å². The summed E-state index contributed by atoms with van der Waals surface area (Å²) in [6.07, 6.45) is 0.503. The maximum absolute atomic E-state index is 15.3. The highest BCUT2D eigenvalue weighted by Crippen LogP contribution is 2.46. The molecule has 0 unspecified atom stereocenters. The summed E-state index contributed by atoms with van der Waals surface area (Å²) in [7, 11) is 0. The first-order valence-electron chi connectivity index (χ1n) is 21.5. The highest BCUT2D eigenvalue weighted by Gasteiger charge is 2.49. The molecule has 0 spiro atoms. The second-order valence-corrected chi connectivity index (χ2v) is 17.7. The van der Waals surface area contributed by atoms with Crippen LogP contribution in [0.15, 0.2) is 59.7 Å². The average Bonchev–Trinajstić information content (AvgIpc) is 3.37. The number of phenols is 1. The number of carbonyl (C=O) groups excluding carboxylic acids is 3. The predicted molar refractivity (Wildman–Crippen MR) is 223 cm³/mol. The number of fused-ring (bicyclic) bond motifs is 9. The van der Waals surface area contributed by atoms with Gasteiger partial charge >= 0.3 is 11.9 Å². The van der Waals surface area contributed by atoms with E-state index in [1.807, 2.05) is 19.1 Å². The molecule has 2 aliphatic carbocycles. The molecule has 9 bridgehead atoms. The quantitative estimate of drug-likeness (QED) is 0.0988. The Kier molecular flexibility index (Phi) is 11.9. The van der Waals surface area contributed by atoms with Crippen molar-refractivity contribution in [3.8, 4) is 23.3 Å². The van der Waals surface area contributed by atoms with Gasteiger partial charge in [0.15, 0.2) is 0 Å². The van der Waals surface area contributed by atoms with Gasteiger partial charge in [0.25, 0.3) is 0 Å². The molecule has 11 heteroatoms. The van der Waals surface area contributed by atoms with Crippen LogP contribution < -0.4 is 10.1 Å². The number of hydrogen-bond acceptors (Lipinski definition) is 11. The number of hydrogen-bond donors (Lipinski definition) is 6. The average molecular weight is 818 g/mol. The van der Waals surface area contributed by atoms with Crippen molar-refractivity contribution in [1.29, 1.82) is 0 Å². The monoisotopic (exact) mass is 817 g/mol. The number of aromatic hydroxyl groups is 1. The van der Waals surface area contributed by atoms with Gasteiger partial charge in [-0.05, 0) is 115 Å². The number of nitrogens with one attached hydrogen (secondary N) is 1. The summed E-state index contributed by atoms with van der Waals surface area (Å²) in [5.74, 6) is 3.52. The van der Waals surface area contributed by atoms with E-state index in [1.165, 1.54) is 6.07 Å². The molecule has 6 N–H and O–H groups in total. The van der Waals surface area contributed by atoms with Crippen molar-refractivity contribution in [2.24, 2.45) is 11.8 Å². The lowest BCUT2D eigenvalue weighted by Gasteiger charge is -2.45. The van der Waals surface area contributed by atoms with Gasteiger partial charge in [-0.15, -0.1) is 0 Å². The van der Waals surface area contributed by atoms with Crippen LogP contribution in [0, 0.1) is 23.7 Å². The molecule has 8 rings (SSSR count). The van der Waals surface area contributed by atoms with Crippen molar-refractivity contribution in [3.05, 3.63) is 98.6 Å². The Labute approximate surface area is 350 Å². The Morgan fingerprint density at radius 2 is 1.73 bits per heavy atom. The number of ether oxygens (including phenoxy) is 2. The van der Waals surface area contributed by atoms with Crippen molar-refractivity contribution in [3.63, 3.8) is 0 Å². The van der Waals surface area contributed by atoms with Crippen LogP contribution in [0.1, 0.15) is 116 Å². The molecule has 60 heavy (non-hydrogen) atoms. The number of benzene rings is 3. The lowest BCUT2D eigenvalue weighted by Crippen LogP contribution is -2.54. The van der Waals surface area contributed by atoms with Crippen LogP contribution in [0.5, 0.6) is 11.5 Å². The molecule has 3 heterocycles. The first-order chi connectivity index (χ1) is 28.8. The minimum atomic E-state index is -1.61. The summed E-state index contributed by atoms with van der Waals surface area (Å²) in [5.41, 5.74) is 4.97. The Morgan fingerprint density at radius 3 is 2.52 bits per heavy atom. The zero-order valence-corrected chi connectivity index (χ0v) is 34.3. The van der Waals surface area contributed by atoms with Gasteiger partial charge < -0.3 is 40.3 Å². The molecule has 1 fully saturated rings. The topological polar surface area (TPSA) is 183 Å². The number of aliphatic hydroxyl groups is 4. The molecule has 3 aromatic carbocycles. The highest BCUT2D eigenvalue weighted by atomic mass is 16.6. The predicted octanol–water partition coefficient (Wildman–Crippen LogP) is 5.63. The van der Waals surface area contributed by atoms with E-state index >= 15 is 4.79 Å². The summed E-state index contributed by atoms with van der Waals surface area (Å²) < 4.78 is 12.3. The fourth-order valence-electron chi connectivity index (χ4n) is 10.3. The minimum Gasteiger partial charge on any atom is -0.508 e. The van der Waals surface area contributed by atoms with E-state index in [4.69, 9.17) is 9.47 Å². The maximum Gasteiger partial charge on any atom is 0.334 e. The normalized spacial score (nSPS) is 29.3. The molecule has 5 aliphatic rings. The van der Waals surface area contributed by atoms with Gasteiger partial charge in [-0.25, -0.2) is 4.79 Å². The van der Waals surface area contributed by atoms with Gasteiger partial charge in [-0.3, -0.25) is 9.59 Å². The number of ketones is 1. The molecule has 0 radical (unpaired) electrons. The lowest BCUT2D eigenvalue weighted by atomic mass is 9.66. The first kappa shape index (κ1) is 41.7. The van der Waals surface area contributed by atoms with Crippen LogP contribution in [-0.2, 0) is 51.4 Å². The molecule has 0 saturated heterocycles. The van der Waals surface area contributed by atoms with E-state index in [2.05, 4.69) is 35.4 Å². The molecule has 3 aliphatic heterocycles. The summed E-state index contributed by atoms with van der Waals surface area (Å²) in [4.78, 5) is 41.9. The standard InChI is InChI=1S/C49H55NO10/c1-3-12-49(58)37-9-11-42(53)35(17-37)14-28-4-5-30-8-10-39(44(55)21-34(30)13-28)41-19-31(33-15-29(26-51)16-38(18-33)50-25-27(2)52)6-7-32-23-47(56)59-45-24-43(54)36(20-40(32)45)22-46(49)60-48(41)57/h4-5,13,15-16,18,20,24,27,31-32,35,37,44,46,50-52,54-55,58H,3,8-12,14,17,19,21-23,25-26H2,1-2H3/b41-39+/t27-,31-,32-,35-,37-,44-,46+,49-/m0/s1. The molecule has 0 aromatic heterocycles. The Hall–Kier alpha value is -4.99. The minimum absolute atomic E-state index is 0.00364. The van der Waals surface area contributed by atoms with Gasteiger partial charge in [-0.1, -0.05) is 49.5 Å². The summed E-state index contributed by atoms with van der Waals surface area (Å²) in [5, 5.41) is 60.5. The number of anilines is 1. The Morgan fingerprint density at radius 1 is 0.917 bits per heavy atom. The number of esters is 2. The number of rotatable bonds is 7. The summed E-state index contributed by atoms with van der Waals surface area (Å²) >= 11 is 0. The van der Waals surface area contributed by atoms with Crippen LogP contribution in [0.2, 0.25) is 0 Å². The lowest BCUT2D eigenvalue weighted by molar-refractivity contribution is -0.176. The van der Waals surface area contributed by atoms with E-state index in [0.717, 1.165) is 16.7 Å². The largest absolute Gasteiger partial charge is 0.508 e. The van der Waals surface area contributed by atoms with Gasteiger partial charge in [0, 0.05) is 60.5 Å². The van der Waals surface area contributed by atoms with Crippen LogP contribution >= 0.6 is 0 Å². The van der Waals surface area contributed by atoms with Crippen LogP contribution in [0.3, 0.4) is 0 Å². The van der Waals surface area contributed by atoms with Crippen LogP contribution in [-0.4, -0.2) is 73.7 Å². The van der Waals surface area contributed by atoms with E-state index in [9.17, 15) is 35.1 Å². The van der Waals surface area contributed by atoms with E-state index in [0.29, 0.717) is 72.0 Å². The highest BCUT2D eigenvalue weighted by molar-refractivity contribution is 5.90. The Balaban J connectivity index is 1.37. The van der Waals surface area contributed by atoms with Crippen molar-refractivity contribution in [1.82, 2.24) is 0 Å². The van der Waals surface area contributed by atoms with Gasteiger partial charge in [-0.2, -0.15) is 0 Å². The van der Waals surface area contributed by atoms with Crippen LogP contribution in [0.4, 0.5) is 5.69 Å². The molecule has 11 nitrogen and oxygen atoms in total. The smallest absolute Gasteiger partial charge is 0.334 e. The van der Waals surface area contributed by atoms with Gasteiger partial charge in [0.1, 0.15) is 29.0 Å². The van der Waals surface area contributed by atoms with E-state index in [1.54, 1.807) is 19.1 Å². The fraction of sp³-hybridized carbons (Fsp3) is 0.490. The fourth-order valence-corrected chi connectivity index (χ4v) is 10.3. The van der Waals surface area contributed by atoms with Crippen LogP contribution in [0.25, 0.3) is 0 Å². The number of aryl methyl sites for hydroxylation is 1. The molecule has 8 atom stereocenters. The summed E-state index contributed by atoms with van der Waals surface area (Å²) in [6.45, 7) is 3.58. The maximum atomic E-state index is 15.3. The van der Waals surface area contributed by atoms with E-state index in [-0.39, 0.29) is 80.4 Å². The number of Topliss-reactive ketones (excluding diaryl/α,β-unsaturated/α-hetero) is 1. The number of phenolic OH excluding ortho intramolecular Hbond substituents is 1. The molecule has 3 aromatic rings. The van der Waals surface area contributed by atoms with Crippen molar-refractivity contribution < 1.29 is 49.4 Å². The molecule has 0 amide bonds.